The highest BCUT2D eigenvalue weighted by Gasteiger charge is 2.19. The van der Waals surface area contributed by atoms with Crippen LogP contribution in [0.4, 0.5) is 4.79 Å². The van der Waals surface area contributed by atoms with Crippen LogP contribution in [0.3, 0.4) is 0 Å². The van der Waals surface area contributed by atoms with Gasteiger partial charge in [-0.15, -0.1) is 0 Å². The van der Waals surface area contributed by atoms with Crippen molar-refractivity contribution in [3.8, 4) is 0 Å². The third-order valence-corrected chi connectivity index (χ3v) is 0.632. The minimum absolute atomic E-state index is 0.158. The summed E-state index contributed by atoms with van der Waals surface area (Å²) >= 11 is -0.158. The summed E-state index contributed by atoms with van der Waals surface area (Å²) in [6.07, 6.45) is -0.191. The molecule has 0 N–H and O–H groups in total. The lowest BCUT2D eigenvalue weighted by Crippen LogP contribution is -2.07. The topological polar surface area (TPSA) is 43.4 Å². The molecule has 0 radical (unpaired) electrons. The summed E-state index contributed by atoms with van der Waals surface area (Å²) in [7, 11) is 0. The molecule has 46 valence electrons. The average molecular weight is 135 g/mol. The first-order valence-corrected chi connectivity index (χ1v) is 2.91. The minimum atomic E-state index is -0.764. The molecule has 0 aliphatic heterocycles. The normalized spacial score (nSPS) is 8.88. The maximum Gasteiger partial charge on any atom is 0.661 e. The average Bonchev–Trinajstić information content (AvgIpc) is 1.65. The van der Waals surface area contributed by atoms with Crippen molar-refractivity contribution < 1.29 is 13.7 Å². The Hall–Kier alpha value is -0.510. The largest absolute Gasteiger partial charge is 0.661 e. The van der Waals surface area contributed by atoms with Gasteiger partial charge in [0.05, 0.1) is 4.21 Å². The van der Waals surface area contributed by atoms with Crippen LogP contribution >= 0.6 is 0 Å². The maximum atomic E-state index is 10.1. The molecule has 8 heavy (non-hydrogen) atoms. The van der Waals surface area contributed by atoms with Gasteiger partial charge in [-0.3, -0.25) is 0 Å². The van der Waals surface area contributed by atoms with Gasteiger partial charge in [-0.1, -0.05) is 0 Å². The molecule has 0 aromatic heterocycles. The summed E-state index contributed by atoms with van der Waals surface area (Å²) in [5.74, 6) is 0. The molecule has 0 unspecified atom stereocenters. The molecule has 0 aromatic carbocycles. The second-order valence-electron chi connectivity index (χ2n) is 1.50. The van der Waals surface area contributed by atoms with Crippen molar-refractivity contribution >= 4 is 17.0 Å². The molecular weight excluding hydrogens is 128 g/mol. The second kappa shape index (κ2) is 3.49. The molecule has 0 spiro atoms. The molecule has 3 nitrogen and oxygen atoms in total. The van der Waals surface area contributed by atoms with E-state index in [1.54, 1.807) is 13.8 Å². The van der Waals surface area contributed by atoms with Crippen molar-refractivity contribution in [1.29, 1.82) is 0 Å². The molecule has 0 aromatic rings. The molecule has 0 aliphatic rings. The zero-order valence-electron chi connectivity index (χ0n) is 4.71. The monoisotopic (exact) mass is 135 g/mol. The minimum Gasteiger partial charge on any atom is -0.412 e. The van der Waals surface area contributed by atoms with Gasteiger partial charge >= 0.3 is 17.0 Å². The van der Waals surface area contributed by atoms with Gasteiger partial charge in [-0.2, -0.15) is 4.79 Å². The number of ether oxygens (including phenoxy) is 1. The van der Waals surface area contributed by atoms with Crippen molar-refractivity contribution in [2.24, 2.45) is 0 Å². The maximum absolute atomic E-state index is 10.1. The van der Waals surface area contributed by atoms with Gasteiger partial charge in [0.15, 0.2) is 0 Å². The van der Waals surface area contributed by atoms with Gasteiger partial charge in [-0.05, 0) is 13.8 Å². The Labute approximate surface area is 51.5 Å². The molecule has 0 rings (SSSR count). The van der Waals surface area contributed by atoms with E-state index in [1.807, 2.05) is 0 Å². The number of hydrogen-bond acceptors (Lipinski definition) is 3. The molecule has 0 saturated carbocycles. The van der Waals surface area contributed by atoms with Crippen LogP contribution in [-0.2, 0) is 20.6 Å². The molecule has 0 bridgehead atoms. The Kier molecular flexibility index (Phi) is 3.26. The summed E-state index contributed by atoms with van der Waals surface area (Å²) < 4.78 is 14.0. The summed E-state index contributed by atoms with van der Waals surface area (Å²) in [5.41, 5.74) is 0. The lowest BCUT2D eigenvalue weighted by atomic mass is 10.5. The van der Waals surface area contributed by atoms with E-state index in [4.69, 9.17) is 0 Å². The van der Waals surface area contributed by atoms with E-state index in [-0.39, 0.29) is 17.8 Å². The molecule has 0 saturated heterocycles. The number of carbonyl (C=O) groups is 1. The zero-order valence-corrected chi connectivity index (χ0v) is 5.53. The molecule has 4 heteroatoms. The van der Waals surface area contributed by atoms with Crippen LogP contribution in [0.1, 0.15) is 13.8 Å². The SMILES string of the molecule is CC(C)OC(=O)[S+]=O. The van der Waals surface area contributed by atoms with E-state index in [0.29, 0.717) is 0 Å². The van der Waals surface area contributed by atoms with Crippen LogP contribution in [0, 0.1) is 0 Å². The molecular formula is C4H7O3S+. The van der Waals surface area contributed by atoms with E-state index in [2.05, 4.69) is 4.74 Å². The fourth-order valence-corrected chi connectivity index (χ4v) is 0.444. The third kappa shape index (κ3) is 3.67. The highest BCUT2D eigenvalue weighted by atomic mass is 32.1. The van der Waals surface area contributed by atoms with Crippen molar-refractivity contribution in [2.75, 3.05) is 0 Å². The van der Waals surface area contributed by atoms with E-state index < -0.39 is 5.30 Å². The first-order chi connectivity index (χ1) is 3.66. The summed E-state index contributed by atoms with van der Waals surface area (Å²) in [6.45, 7) is 3.38. The highest BCUT2D eigenvalue weighted by molar-refractivity contribution is 7.82. The van der Waals surface area contributed by atoms with Gasteiger partial charge in [-0.25, -0.2) is 0 Å². The molecule has 0 amide bonds. The number of carbonyl (C=O) groups excluding carboxylic acids is 1. The summed E-state index contributed by atoms with van der Waals surface area (Å²) in [6, 6.07) is 0. The van der Waals surface area contributed by atoms with E-state index >= 15 is 0 Å². The number of hydrogen-bond donors (Lipinski definition) is 0. The van der Waals surface area contributed by atoms with Gasteiger partial charge in [0, 0.05) is 0 Å². The predicted octanol–water partition coefficient (Wildman–Crippen LogP) is 0.960. The summed E-state index contributed by atoms with van der Waals surface area (Å²) in [5, 5.41) is -0.764. The molecule has 0 fully saturated rings. The third-order valence-electron chi connectivity index (χ3n) is 0.400. The van der Waals surface area contributed by atoms with E-state index in [9.17, 15) is 9.00 Å². The molecule has 0 atom stereocenters. The van der Waals surface area contributed by atoms with Crippen LogP contribution in [0.2, 0.25) is 0 Å². The standard InChI is InChI=1S/C4H7O3S/c1-3(2)7-4(5)8-6/h3H,1-2H3/q+1. The van der Waals surface area contributed by atoms with Crippen molar-refractivity contribution in [3.05, 3.63) is 0 Å². The smallest absolute Gasteiger partial charge is 0.412 e. The number of rotatable bonds is 1. The molecule has 0 heterocycles. The van der Waals surface area contributed by atoms with Crippen molar-refractivity contribution in [3.63, 3.8) is 0 Å². The second-order valence-corrected chi connectivity index (χ2v) is 2.00. The Balaban J connectivity index is 3.39. The first kappa shape index (κ1) is 7.49. The van der Waals surface area contributed by atoms with Crippen LogP contribution in [0.5, 0.6) is 0 Å². The summed E-state index contributed by atoms with van der Waals surface area (Å²) in [4.78, 5) is 10.1. The van der Waals surface area contributed by atoms with Crippen molar-refractivity contribution in [2.45, 2.75) is 20.0 Å². The Morgan fingerprint density at radius 2 is 2.12 bits per heavy atom. The Bertz CT molecular complexity index is 99.5. The van der Waals surface area contributed by atoms with Crippen LogP contribution in [0.15, 0.2) is 0 Å². The Morgan fingerprint density at radius 3 is 2.25 bits per heavy atom. The van der Waals surface area contributed by atoms with E-state index in [1.165, 1.54) is 0 Å². The fraction of sp³-hybridized carbons (Fsp3) is 0.750. The van der Waals surface area contributed by atoms with Crippen LogP contribution < -0.4 is 0 Å². The van der Waals surface area contributed by atoms with Crippen molar-refractivity contribution in [1.82, 2.24) is 0 Å². The molecule has 0 aliphatic carbocycles. The lowest BCUT2D eigenvalue weighted by molar-refractivity contribution is 0.142. The van der Waals surface area contributed by atoms with Crippen LogP contribution in [-0.4, -0.2) is 11.4 Å². The van der Waals surface area contributed by atoms with E-state index in [0.717, 1.165) is 0 Å². The van der Waals surface area contributed by atoms with Gasteiger partial charge in [0.2, 0.25) is 0 Å². The fourth-order valence-electron chi connectivity index (χ4n) is 0.212. The zero-order chi connectivity index (χ0) is 6.57. The van der Waals surface area contributed by atoms with Gasteiger partial charge < -0.3 is 4.74 Å². The quantitative estimate of drug-likeness (QED) is 0.397. The van der Waals surface area contributed by atoms with Gasteiger partial charge in [0.25, 0.3) is 0 Å². The predicted molar refractivity (Wildman–Crippen MR) is 29.7 cm³/mol. The van der Waals surface area contributed by atoms with Crippen LogP contribution in [0.25, 0.3) is 0 Å². The Morgan fingerprint density at radius 1 is 1.62 bits per heavy atom. The first-order valence-electron chi connectivity index (χ1n) is 2.17. The van der Waals surface area contributed by atoms with Gasteiger partial charge in [0.1, 0.15) is 6.10 Å². The lowest BCUT2D eigenvalue weighted by Gasteiger charge is -1.94. The highest BCUT2D eigenvalue weighted by Crippen LogP contribution is 1.88.